The maximum Gasteiger partial charge on any atom is 0.188 e. The summed E-state index contributed by atoms with van der Waals surface area (Å²) in [5, 5.41) is 0. The highest BCUT2D eigenvalue weighted by Gasteiger charge is 2.14. The topological polar surface area (TPSA) is 35.5 Å². The van der Waals surface area contributed by atoms with Gasteiger partial charge in [-0.1, -0.05) is 0 Å². The highest BCUT2D eigenvalue weighted by Crippen LogP contribution is 2.23. The molecule has 0 atom stereocenters. The van der Waals surface area contributed by atoms with E-state index in [4.69, 9.17) is 4.74 Å². The van der Waals surface area contributed by atoms with Crippen molar-refractivity contribution in [1.82, 2.24) is 0 Å². The molecule has 0 saturated heterocycles. The van der Waals surface area contributed by atoms with E-state index in [1.165, 1.54) is 7.11 Å². The van der Waals surface area contributed by atoms with Gasteiger partial charge >= 0.3 is 0 Å². The van der Waals surface area contributed by atoms with Crippen molar-refractivity contribution in [1.29, 1.82) is 0 Å². The highest BCUT2D eigenvalue weighted by atomic mass is 19.1. The maximum atomic E-state index is 13.0. The van der Waals surface area contributed by atoms with E-state index in [0.717, 1.165) is 12.1 Å². The Hall–Kier alpha value is -1.49. The van der Waals surface area contributed by atoms with Crippen LogP contribution in [0, 0.1) is 11.6 Å². The Morgan fingerprint density at radius 2 is 2.00 bits per heavy atom. The van der Waals surface area contributed by atoms with Gasteiger partial charge in [-0.2, -0.15) is 0 Å². The number of methoxy groups -OCH3 is 1. The monoisotopic (exact) mass is 202 g/mol. The Kier molecular flexibility index (Phi) is 3.53. The van der Waals surface area contributed by atoms with Crippen molar-refractivity contribution < 1.29 is 23.0 Å². The molecule has 0 N–H and O–H groups in total. The summed E-state index contributed by atoms with van der Waals surface area (Å²) in [6.45, 7) is -0.249. The summed E-state index contributed by atoms with van der Waals surface area (Å²) in [6.07, 6.45) is 0.198. The van der Waals surface area contributed by atoms with Crippen LogP contribution in [0.5, 0.6) is 5.75 Å². The molecular formula is C9H8F2O3. The van der Waals surface area contributed by atoms with Crippen LogP contribution in [-0.2, 0) is 4.74 Å². The van der Waals surface area contributed by atoms with E-state index in [0.29, 0.717) is 0 Å². The molecule has 0 radical (unpaired) electrons. The third kappa shape index (κ3) is 2.05. The molecule has 1 aromatic carbocycles. The van der Waals surface area contributed by atoms with Gasteiger partial charge in [0.25, 0.3) is 0 Å². The van der Waals surface area contributed by atoms with Crippen molar-refractivity contribution in [2.24, 2.45) is 0 Å². The lowest BCUT2D eigenvalue weighted by Gasteiger charge is -2.08. The predicted molar refractivity (Wildman–Crippen MR) is 44.2 cm³/mol. The number of carbonyl (C=O) groups excluding carboxylic acids is 1. The van der Waals surface area contributed by atoms with Crippen LogP contribution in [0.15, 0.2) is 12.1 Å². The smallest absolute Gasteiger partial charge is 0.188 e. The van der Waals surface area contributed by atoms with Gasteiger partial charge in [0, 0.05) is 7.11 Å². The van der Waals surface area contributed by atoms with E-state index < -0.39 is 22.9 Å². The van der Waals surface area contributed by atoms with E-state index in [9.17, 15) is 13.6 Å². The molecule has 0 unspecified atom stereocenters. The molecule has 0 saturated carbocycles. The molecule has 0 aliphatic rings. The molecule has 14 heavy (non-hydrogen) atoms. The fourth-order valence-electron chi connectivity index (χ4n) is 0.923. The molecule has 0 aliphatic carbocycles. The average molecular weight is 202 g/mol. The lowest BCUT2D eigenvalue weighted by Crippen LogP contribution is -2.05. The number of ether oxygens (including phenoxy) is 2. The van der Waals surface area contributed by atoms with Crippen LogP contribution in [0.4, 0.5) is 8.78 Å². The molecule has 0 bridgehead atoms. The number of benzene rings is 1. The van der Waals surface area contributed by atoms with Gasteiger partial charge in [-0.25, -0.2) is 8.78 Å². The fraction of sp³-hybridized carbons (Fsp3) is 0.222. The van der Waals surface area contributed by atoms with Gasteiger partial charge in [0.05, 0.1) is 5.56 Å². The summed E-state index contributed by atoms with van der Waals surface area (Å²) >= 11 is 0. The summed E-state index contributed by atoms with van der Waals surface area (Å²) < 4.78 is 35.2. The molecule has 0 heterocycles. The molecule has 0 fully saturated rings. The van der Waals surface area contributed by atoms with Crippen molar-refractivity contribution in [3.05, 3.63) is 29.3 Å². The van der Waals surface area contributed by atoms with Crippen molar-refractivity contribution in [3.63, 3.8) is 0 Å². The summed E-state index contributed by atoms with van der Waals surface area (Å²) in [5.41, 5.74) is -0.443. The third-order valence-electron chi connectivity index (χ3n) is 1.53. The second kappa shape index (κ2) is 4.66. The number of halogens is 2. The number of rotatable bonds is 4. The molecule has 0 amide bonds. The lowest BCUT2D eigenvalue weighted by atomic mass is 10.2. The second-order valence-electron chi connectivity index (χ2n) is 2.44. The fourth-order valence-corrected chi connectivity index (χ4v) is 0.923. The van der Waals surface area contributed by atoms with Crippen LogP contribution < -0.4 is 4.74 Å². The molecule has 1 rings (SSSR count). The molecule has 5 heteroatoms. The van der Waals surface area contributed by atoms with Crippen LogP contribution >= 0.6 is 0 Å². The first kappa shape index (κ1) is 10.6. The van der Waals surface area contributed by atoms with E-state index >= 15 is 0 Å². The van der Waals surface area contributed by atoms with E-state index in [2.05, 4.69) is 4.74 Å². The van der Waals surface area contributed by atoms with E-state index in [-0.39, 0.29) is 13.1 Å². The van der Waals surface area contributed by atoms with Crippen molar-refractivity contribution in [2.75, 3.05) is 13.9 Å². The molecule has 0 aromatic heterocycles. The number of aldehydes is 1. The molecule has 76 valence electrons. The minimum atomic E-state index is -0.826. The van der Waals surface area contributed by atoms with Crippen LogP contribution in [0.3, 0.4) is 0 Å². The molecule has 3 nitrogen and oxygen atoms in total. The lowest BCUT2D eigenvalue weighted by molar-refractivity contribution is 0.0474. The molecular weight excluding hydrogens is 194 g/mol. The average Bonchev–Trinajstić information content (AvgIpc) is 2.19. The minimum absolute atomic E-state index is 0.198. The normalized spacial score (nSPS) is 9.93. The summed E-state index contributed by atoms with van der Waals surface area (Å²) in [6, 6.07) is 1.74. The summed E-state index contributed by atoms with van der Waals surface area (Å²) in [5.74, 6) is -2.06. The van der Waals surface area contributed by atoms with Crippen molar-refractivity contribution >= 4 is 6.29 Å². The van der Waals surface area contributed by atoms with Gasteiger partial charge in [0.15, 0.2) is 24.6 Å². The van der Waals surface area contributed by atoms with Crippen molar-refractivity contribution in [3.8, 4) is 5.75 Å². The standard InChI is InChI=1S/C9H8F2O3/c1-13-5-14-9-6(4-12)7(10)2-3-8(9)11/h2-4H,5H2,1H3. The Labute approximate surface area is 79.2 Å². The quantitative estimate of drug-likeness (QED) is 0.551. The maximum absolute atomic E-state index is 13.0. The molecule has 0 spiro atoms. The van der Waals surface area contributed by atoms with Crippen molar-refractivity contribution in [2.45, 2.75) is 0 Å². The Bertz CT molecular complexity index is 339. The van der Waals surface area contributed by atoms with Gasteiger partial charge < -0.3 is 9.47 Å². The van der Waals surface area contributed by atoms with Crippen LogP contribution in [0.2, 0.25) is 0 Å². The number of hydrogen-bond donors (Lipinski definition) is 0. The Balaban J connectivity index is 3.09. The zero-order valence-electron chi connectivity index (χ0n) is 7.42. The first-order valence-electron chi connectivity index (χ1n) is 3.75. The highest BCUT2D eigenvalue weighted by molar-refractivity contribution is 5.79. The summed E-state index contributed by atoms with van der Waals surface area (Å²) in [4.78, 5) is 10.4. The first-order chi connectivity index (χ1) is 6.70. The van der Waals surface area contributed by atoms with Gasteiger partial charge in [-0.3, -0.25) is 4.79 Å². The van der Waals surface area contributed by atoms with Crippen LogP contribution in [-0.4, -0.2) is 20.2 Å². The zero-order chi connectivity index (χ0) is 10.6. The SMILES string of the molecule is COCOc1c(F)ccc(F)c1C=O. The summed E-state index contributed by atoms with van der Waals surface area (Å²) in [7, 11) is 1.33. The molecule has 1 aromatic rings. The second-order valence-corrected chi connectivity index (χ2v) is 2.44. The van der Waals surface area contributed by atoms with E-state index in [1.54, 1.807) is 0 Å². The van der Waals surface area contributed by atoms with Gasteiger partial charge in [0.2, 0.25) is 0 Å². The molecule has 0 aliphatic heterocycles. The predicted octanol–water partition coefficient (Wildman–Crippen LogP) is 1.76. The Morgan fingerprint density at radius 3 is 2.57 bits per heavy atom. The van der Waals surface area contributed by atoms with Gasteiger partial charge in [-0.05, 0) is 12.1 Å². The largest absolute Gasteiger partial charge is 0.464 e. The van der Waals surface area contributed by atoms with Crippen LogP contribution in [0.25, 0.3) is 0 Å². The minimum Gasteiger partial charge on any atom is -0.464 e. The number of hydrogen-bond acceptors (Lipinski definition) is 3. The van der Waals surface area contributed by atoms with Crippen LogP contribution in [0.1, 0.15) is 10.4 Å². The van der Waals surface area contributed by atoms with Gasteiger partial charge in [0.1, 0.15) is 5.82 Å². The zero-order valence-corrected chi connectivity index (χ0v) is 7.42. The van der Waals surface area contributed by atoms with Gasteiger partial charge in [-0.15, -0.1) is 0 Å². The Morgan fingerprint density at radius 1 is 1.36 bits per heavy atom. The third-order valence-corrected chi connectivity index (χ3v) is 1.53. The van der Waals surface area contributed by atoms with E-state index in [1.807, 2.05) is 0 Å². The first-order valence-corrected chi connectivity index (χ1v) is 3.75. The number of carbonyl (C=O) groups is 1.